The average molecular weight is 256 g/mol. The van der Waals surface area contributed by atoms with Gasteiger partial charge in [0.2, 0.25) is 10.0 Å². The minimum absolute atomic E-state index is 0.102. The Hall–Kier alpha value is -0.180. The summed E-state index contributed by atoms with van der Waals surface area (Å²) < 4.78 is 47.0. The molecule has 90 valence electrons. The van der Waals surface area contributed by atoms with E-state index in [4.69, 9.17) is 0 Å². The van der Waals surface area contributed by atoms with Crippen LogP contribution in [0, 0.1) is 0 Å². The van der Waals surface area contributed by atoms with E-state index < -0.39 is 19.9 Å². The molecular formula is C7H16N2O4S2. The van der Waals surface area contributed by atoms with Crippen LogP contribution in [0.5, 0.6) is 0 Å². The maximum Gasteiger partial charge on any atom is 0.212 e. The second-order valence-electron chi connectivity index (χ2n) is 3.76. The van der Waals surface area contributed by atoms with Gasteiger partial charge in [0.15, 0.2) is 0 Å². The van der Waals surface area contributed by atoms with Gasteiger partial charge in [-0.05, 0) is 13.0 Å². The maximum absolute atomic E-state index is 11.4. The number of rotatable bonds is 5. The Morgan fingerprint density at radius 2 is 1.93 bits per heavy atom. The van der Waals surface area contributed by atoms with E-state index in [-0.39, 0.29) is 17.5 Å². The Labute approximate surface area is 90.4 Å². The Balaban J connectivity index is 2.45. The first-order valence-electron chi connectivity index (χ1n) is 4.67. The molecule has 6 nitrogen and oxygen atoms in total. The standard InChI is InChI=1S/C7H16N2O4S2/c1-14(10,11)4-5-15(12,13)9-7-2-3-8-6-7/h7-9H,2-6H2,1H3. The molecule has 0 radical (unpaired) electrons. The first kappa shape index (κ1) is 12.9. The van der Waals surface area contributed by atoms with Crippen molar-refractivity contribution in [3.8, 4) is 0 Å². The Kier molecular flexibility index (Phi) is 4.10. The lowest BCUT2D eigenvalue weighted by Crippen LogP contribution is -2.38. The van der Waals surface area contributed by atoms with Crippen molar-refractivity contribution in [3.63, 3.8) is 0 Å². The van der Waals surface area contributed by atoms with Crippen molar-refractivity contribution < 1.29 is 16.8 Å². The Bertz CT molecular complexity index is 395. The van der Waals surface area contributed by atoms with E-state index >= 15 is 0 Å². The lowest BCUT2D eigenvalue weighted by atomic mass is 10.3. The largest absolute Gasteiger partial charge is 0.315 e. The van der Waals surface area contributed by atoms with Crippen LogP contribution in [0.4, 0.5) is 0 Å². The summed E-state index contributed by atoms with van der Waals surface area (Å²) in [7, 11) is -6.69. The first-order chi connectivity index (χ1) is 6.79. The molecule has 15 heavy (non-hydrogen) atoms. The summed E-state index contributed by atoms with van der Waals surface area (Å²) in [6.45, 7) is 1.40. The van der Waals surface area contributed by atoms with Gasteiger partial charge in [-0.15, -0.1) is 0 Å². The Morgan fingerprint density at radius 3 is 2.40 bits per heavy atom. The van der Waals surface area contributed by atoms with Gasteiger partial charge in [-0.2, -0.15) is 0 Å². The molecule has 1 saturated heterocycles. The highest BCUT2D eigenvalue weighted by Gasteiger charge is 2.21. The zero-order chi connectivity index (χ0) is 11.5. The quantitative estimate of drug-likeness (QED) is 0.612. The molecule has 0 aromatic heterocycles. The van der Waals surface area contributed by atoms with E-state index in [1.165, 1.54) is 0 Å². The van der Waals surface area contributed by atoms with Crippen LogP contribution in [0.15, 0.2) is 0 Å². The fraction of sp³-hybridized carbons (Fsp3) is 1.00. The zero-order valence-corrected chi connectivity index (χ0v) is 10.2. The Morgan fingerprint density at radius 1 is 1.27 bits per heavy atom. The number of hydrogen-bond donors (Lipinski definition) is 2. The predicted octanol–water partition coefficient (Wildman–Crippen LogP) is -1.69. The van der Waals surface area contributed by atoms with E-state index in [2.05, 4.69) is 10.0 Å². The highest BCUT2D eigenvalue weighted by atomic mass is 32.2. The van der Waals surface area contributed by atoms with E-state index in [0.717, 1.165) is 19.2 Å². The van der Waals surface area contributed by atoms with E-state index in [1.807, 2.05) is 0 Å². The summed E-state index contributed by atoms with van der Waals surface area (Å²) in [4.78, 5) is 0. The molecule has 1 aliphatic rings. The molecule has 1 atom stereocenters. The monoisotopic (exact) mass is 256 g/mol. The highest BCUT2D eigenvalue weighted by molar-refractivity contribution is 7.93. The first-order valence-corrected chi connectivity index (χ1v) is 8.38. The van der Waals surface area contributed by atoms with Gasteiger partial charge in [0.25, 0.3) is 0 Å². The third kappa shape index (κ3) is 5.45. The number of sulfonamides is 1. The van der Waals surface area contributed by atoms with Gasteiger partial charge in [-0.25, -0.2) is 21.6 Å². The van der Waals surface area contributed by atoms with Crippen molar-refractivity contribution in [1.29, 1.82) is 0 Å². The van der Waals surface area contributed by atoms with Gasteiger partial charge in [0.05, 0.1) is 11.5 Å². The van der Waals surface area contributed by atoms with Crippen LogP contribution in [0.1, 0.15) is 6.42 Å². The number of sulfone groups is 1. The average Bonchev–Trinajstić information content (AvgIpc) is 2.52. The van der Waals surface area contributed by atoms with Crippen molar-refractivity contribution in [2.75, 3.05) is 30.9 Å². The molecule has 0 bridgehead atoms. The van der Waals surface area contributed by atoms with Gasteiger partial charge < -0.3 is 5.32 Å². The van der Waals surface area contributed by atoms with Crippen LogP contribution in [0.25, 0.3) is 0 Å². The second kappa shape index (κ2) is 4.77. The fourth-order valence-corrected chi connectivity index (χ4v) is 4.24. The summed E-state index contributed by atoms with van der Waals surface area (Å²) in [5.74, 6) is -0.690. The van der Waals surface area contributed by atoms with Gasteiger partial charge in [-0.1, -0.05) is 0 Å². The van der Waals surface area contributed by atoms with Crippen LogP contribution < -0.4 is 10.0 Å². The van der Waals surface area contributed by atoms with Crippen LogP contribution in [0.3, 0.4) is 0 Å². The molecule has 0 saturated carbocycles. The molecule has 1 rings (SSSR count). The van der Waals surface area contributed by atoms with Crippen LogP contribution >= 0.6 is 0 Å². The number of hydrogen-bond acceptors (Lipinski definition) is 5. The van der Waals surface area contributed by atoms with Gasteiger partial charge in [0.1, 0.15) is 9.84 Å². The minimum atomic E-state index is -3.47. The summed E-state index contributed by atoms with van der Waals surface area (Å²) >= 11 is 0. The molecule has 1 aliphatic heterocycles. The summed E-state index contributed by atoms with van der Waals surface area (Å²) in [5, 5.41) is 3.02. The SMILES string of the molecule is CS(=O)(=O)CCS(=O)(=O)NC1CCNC1. The molecule has 1 unspecified atom stereocenters. The van der Waals surface area contributed by atoms with Crippen LogP contribution in [-0.4, -0.2) is 53.7 Å². The number of nitrogens with one attached hydrogen (secondary N) is 2. The van der Waals surface area contributed by atoms with Gasteiger partial charge in [-0.3, -0.25) is 0 Å². The highest BCUT2D eigenvalue weighted by Crippen LogP contribution is 2.00. The van der Waals surface area contributed by atoms with Gasteiger partial charge >= 0.3 is 0 Å². The molecule has 1 heterocycles. The van der Waals surface area contributed by atoms with Crippen molar-refractivity contribution in [2.45, 2.75) is 12.5 Å². The van der Waals surface area contributed by atoms with Crippen LogP contribution in [0.2, 0.25) is 0 Å². The molecule has 2 N–H and O–H groups in total. The molecule has 0 spiro atoms. The lowest BCUT2D eigenvalue weighted by molar-refractivity contribution is 0.559. The molecule has 0 aromatic carbocycles. The zero-order valence-electron chi connectivity index (χ0n) is 8.56. The molecule has 0 aliphatic carbocycles. The van der Waals surface area contributed by atoms with Gasteiger partial charge in [0, 0.05) is 18.8 Å². The minimum Gasteiger partial charge on any atom is -0.315 e. The summed E-state index contributed by atoms with van der Waals surface area (Å²) in [5.41, 5.74) is 0. The van der Waals surface area contributed by atoms with Crippen molar-refractivity contribution >= 4 is 19.9 Å². The lowest BCUT2D eigenvalue weighted by Gasteiger charge is -2.11. The second-order valence-corrected chi connectivity index (χ2v) is 7.89. The molecule has 1 fully saturated rings. The third-order valence-corrected chi connectivity index (χ3v) is 4.77. The van der Waals surface area contributed by atoms with Crippen molar-refractivity contribution in [1.82, 2.24) is 10.0 Å². The van der Waals surface area contributed by atoms with Crippen molar-refractivity contribution in [3.05, 3.63) is 0 Å². The van der Waals surface area contributed by atoms with Crippen LogP contribution in [-0.2, 0) is 19.9 Å². The predicted molar refractivity (Wildman–Crippen MR) is 57.9 cm³/mol. The fourth-order valence-electron chi connectivity index (χ4n) is 1.33. The smallest absolute Gasteiger partial charge is 0.212 e. The molecule has 0 amide bonds. The maximum atomic E-state index is 11.4. The topological polar surface area (TPSA) is 92.3 Å². The van der Waals surface area contributed by atoms with E-state index in [1.54, 1.807) is 0 Å². The summed E-state index contributed by atoms with van der Waals surface area (Å²) in [6.07, 6.45) is 1.78. The van der Waals surface area contributed by atoms with Crippen molar-refractivity contribution in [2.24, 2.45) is 0 Å². The summed E-state index contributed by atoms with van der Waals surface area (Å²) in [6, 6.07) is -0.102. The van der Waals surface area contributed by atoms with E-state index in [0.29, 0.717) is 6.54 Å². The molecular weight excluding hydrogens is 240 g/mol. The van der Waals surface area contributed by atoms with E-state index in [9.17, 15) is 16.8 Å². The molecule has 0 aromatic rings. The normalized spacial score (nSPS) is 23.1. The third-order valence-electron chi connectivity index (χ3n) is 2.13. The molecule has 8 heteroatoms.